The number of rotatable bonds is 3. The monoisotopic (exact) mass is 239 g/mol. The van der Waals surface area contributed by atoms with E-state index in [-0.39, 0.29) is 11.9 Å². The molecule has 4 nitrogen and oxygen atoms in total. The molecule has 1 amide bonds. The van der Waals surface area contributed by atoms with E-state index < -0.39 is 0 Å². The van der Waals surface area contributed by atoms with Crippen LogP contribution in [0.2, 0.25) is 0 Å². The quantitative estimate of drug-likeness (QED) is 0.837. The predicted molar refractivity (Wildman–Crippen MR) is 64.4 cm³/mol. The number of nitrogens with zero attached hydrogens (tertiary/aromatic N) is 1. The second-order valence-corrected chi connectivity index (χ2v) is 5.11. The number of carbonyl (C=O) groups is 1. The molecule has 0 aromatic carbocycles. The van der Waals surface area contributed by atoms with Crippen molar-refractivity contribution in [3.63, 3.8) is 0 Å². The summed E-state index contributed by atoms with van der Waals surface area (Å²) >= 11 is 1.37. The molecule has 1 saturated carbocycles. The van der Waals surface area contributed by atoms with E-state index in [0.29, 0.717) is 17.3 Å². The SMILES string of the molecule is NCC1CCCCC1NC(=O)c1cncs1. The van der Waals surface area contributed by atoms with Gasteiger partial charge in [0.1, 0.15) is 4.88 Å². The normalized spacial score (nSPS) is 25.3. The molecule has 2 atom stereocenters. The second-order valence-electron chi connectivity index (χ2n) is 4.23. The van der Waals surface area contributed by atoms with E-state index in [1.807, 2.05) is 0 Å². The topological polar surface area (TPSA) is 68.0 Å². The molecule has 0 bridgehead atoms. The van der Waals surface area contributed by atoms with E-state index in [9.17, 15) is 4.79 Å². The third kappa shape index (κ3) is 2.59. The highest BCUT2D eigenvalue weighted by molar-refractivity contribution is 7.11. The Hall–Kier alpha value is -0.940. The van der Waals surface area contributed by atoms with E-state index in [0.717, 1.165) is 12.8 Å². The van der Waals surface area contributed by atoms with E-state index in [2.05, 4.69) is 10.3 Å². The van der Waals surface area contributed by atoms with Gasteiger partial charge in [-0.2, -0.15) is 0 Å². The van der Waals surface area contributed by atoms with Gasteiger partial charge in [0.25, 0.3) is 5.91 Å². The first-order chi connectivity index (χ1) is 7.81. The first-order valence-corrected chi connectivity index (χ1v) is 6.58. The van der Waals surface area contributed by atoms with Gasteiger partial charge in [-0.05, 0) is 25.3 Å². The zero-order chi connectivity index (χ0) is 11.4. The fourth-order valence-corrected chi connectivity index (χ4v) is 2.77. The Labute approximate surface area is 99.3 Å². The Morgan fingerprint density at radius 2 is 2.38 bits per heavy atom. The predicted octanol–water partition coefficient (Wildman–Crippen LogP) is 1.39. The Kier molecular flexibility index (Phi) is 3.90. The Balaban J connectivity index is 1.95. The summed E-state index contributed by atoms with van der Waals surface area (Å²) in [5.74, 6) is 0.429. The van der Waals surface area contributed by atoms with Crippen molar-refractivity contribution >= 4 is 17.2 Å². The number of nitrogens with two attached hydrogens (primary N) is 1. The molecule has 0 radical (unpaired) electrons. The van der Waals surface area contributed by atoms with Crippen LogP contribution in [0, 0.1) is 5.92 Å². The fourth-order valence-electron chi connectivity index (χ4n) is 2.25. The van der Waals surface area contributed by atoms with Gasteiger partial charge >= 0.3 is 0 Å². The minimum atomic E-state index is -0.00662. The smallest absolute Gasteiger partial charge is 0.263 e. The Bertz CT molecular complexity index is 339. The van der Waals surface area contributed by atoms with Gasteiger partial charge in [0, 0.05) is 6.04 Å². The van der Waals surface area contributed by atoms with Crippen LogP contribution in [0.25, 0.3) is 0 Å². The molecule has 1 aromatic rings. The molecule has 0 spiro atoms. The van der Waals surface area contributed by atoms with E-state index in [1.165, 1.54) is 24.2 Å². The van der Waals surface area contributed by atoms with Crippen LogP contribution < -0.4 is 11.1 Å². The molecule has 16 heavy (non-hydrogen) atoms. The summed E-state index contributed by atoms with van der Waals surface area (Å²) in [6.07, 6.45) is 6.20. The second kappa shape index (κ2) is 5.41. The van der Waals surface area contributed by atoms with Gasteiger partial charge < -0.3 is 11.1 Å². The maximum absolute atomic E-state index is 11.9. The van der Waals surface area contributed by atoms with Crippen molar-refractivity contribution in [2.24, 2.45) is 11.7 Å². The van der Waals surface area contributed by atoms with Crippen molar-refractivity contribution < 1.29 is 4.79 Å². The molecule has 1 fully saturated rings. The zero-order valence-electron chi connectivity index (χ0n) is 9.19. The molecule has 2 rings (SSSR count). The van der Waals surface area contributed by atoms with Gasteiger partial charge in [-0.3, -0.25) is 9.78 Å². The van der Waals surface area contributed by atoms with Crippen LogP contribution in [-0.4, -0.2) is 23.5 Å². The summed E-state index contributed by atoms with van der Waals surface area (Å²) < 4.78 is 0. The number of nitrogens with one attached hydrogen (secondary N) is 1. The molecular weight excluding hydrogens is 222 g/mol. The summed E-state index contributed by atoms with van der Waals surface area (Å²) in [7, 11) is 0. The van der Waals surface area contributed by atoms with Crippen LogP contribution >= 0.6 is 11.3 Å². The standard InChI is InChI=1S/C11H17N3OS/c12-5-8-3-1-2-4-9(8)14-11(15)10-6-13-7-16-10/h6-9H,1-5,12H2,(H,14,15). The molecule has 5 heteroatoms. The van der Waals surface area contributed by atoms with Crippen molar-refractivity contribution in [3.8, 4) is 0 Å². The van der Waals surface area contributed by atoms with Crippen molar-refractivity contribution in [2.75, 3.05) is 6.54 Å². The number of carbonyl (C=O) groups excluding carboxylic acids is 1. The third-order valence-corrected chi connectivity index (χ3v) is 3.96. The summed E-state index contributed by atoms with van der Waals surface area (Å²) in [6, 6.07) is 0.244. The lowest BCUT2D eigenvalue weighted by molar-refractivity contribution is 0.0912. The minimum Gasteiger partial charge on any atom is -0.348 e. The minimum absolute atomic E-state index is 0.00662. The van der Waals surface area contributed by atoms with Gasteiger partial charge in [0.2, 0.25) is 0 Å². The highest BCUT2D eigenvalue weighted by atomic mass is 32.1. The van der Waals surface area contributed by atoms with Gasteiger partial charge in [-0.15, -0.1) is 11.3 Å². The maximum Gasteiger partial charge on any atom is 0.263 e. The van der Waals surface area contributed by atoms with E-state index >= 15 is 0 Å². The molecular formula is C11H17N3OS. The van der Waals surface area contributed by atoms with Gasteiger partial charge in [-0.1, -0.05) is 12.8 Å². The molecule has 88 valence electrons. The summed E-state index contributed by atoms with van der Waals surface area (Å²) in [4.78, 5) is 16.4. The van der Waals surface area contributed by atoms with Crippen LogP contribution in [0.15, 0.2) is 11.7 Å². The number of amides is 1. The number of thiazole rings is 1. The van der Waals surface area contributed by atoms with Gasteiger partial charge in [0.05, 0.1) is 11.7 Å². The van der Waals surface area contributed by atoms with Gasteiger partial charge in [0.15, 0.2) is 0 Å². The Morgan fingerprint density at radius 1 is 1.56 bits per heavy atom. The molecule has 1 aromatic heterocycles. The largest absolute Gasteiger partial charge is 0.348 e. The lowest BCUT2D eigenvalue weighted by atomic mass is 9.84. The summed E-state index contributed by atoms with van der Waals surface area (Å²) in [5, 5.41) is 3.07. The molecule has 2 unspecified atom stereocenters. The molecule has 1 heterocycles. The fraction of sp³-hybridized carbons (Fsp3) is 0.636. The lowest BCUT2D eigenvalue weighted by Gasteiger charge is -2.31. The van der Waals surface area contributed by atoms with Crippen molar-refractivity contribution in [1.82, 2.24) is 10.3 Å². The molecule has 1 aliphatic rings. The average Bonchev–Trinajstić information content (AvgIpc) is 2.83. The molecule has 0 saturated heterocycles. The Morgan fingerprint density at radius 3 is 3.06 bits per heavy atom. The maximum atomic E-state index is 11.9. The zero-order valence-corrected chi connectivity index (χ0v) is 10.0. The summed E-state index contributed by atoms with van der Waals surface area (Å²) in [6.45, 7) is 0.660. The van der Waals surface area contributed by atoms with E-state index in [4.69, 9.17) is 5.73 Å². The van der Waals surface area contributed by atoms with Gasteiger partial charge in [-0.25, -0.2) is 0 Å². The highest BCUT2D eigenvalue weighted by Gasteiger charge is 2.25. The third-order valence-electron chi connectivity index (χ3n) is 3.18. The average molecular weight is 239 g/mol. The molecule has 1 aliphatic carbocycles. The lowest BCUT2D eigenvalue weighted by Crippen LogP contribution is -2.44. The van der Waals surface area contributed by atoms with Crippen molar-refractivity contribution in [3.05, 3.63) is 16.6 Å². The highest BCUT2D eigenvalue weighted by Crippen LogP contribution is 2.24. The first-order valence-electron chi connectivity index (χ1n) is 5.70. The number of hydrogen-bond acceptors (Lipinski definition) is 4. The van der Waals surface area contributed by atoms with Crippen molar-refractivity contribution in [2.45, 2.75) is 31.7 Å². The van der Waals surface area contributed by atoms with Crippen LogP contribution in [0.3, 0.4) is 0 Å². The number of hydrogen-bond donors (Lipinski definition) is 2. The van der Waals surface area contributed by atoms with Crippen molar-refractivity contribution in [1.29, 1.82) is 0 Å². The molecule has 0 aliphatic heterocycles. The first kappa shape index (κ1) is 11.5. The van der Waals surface area contributed by atoms with Crippen LogP contribution in [0.1, 0.15) is 35.4 Å². The number of aromatic nitrogens is 1. The van der Waals surface area contributed by atoms with Crippen LogP contribution in [0.5, 0.6) is 0 Å². The summed E-state index contributed by atoms with van der Waals surface area (Å²) in [5.41, 5.74) is 7.40. The van der Waals surface area contributed by atoms with E-state index in [1.54, 1.807) is 11.7 Å². The van der Waals surface area contributed by atoms with Crippen LogP contribution in [0.4, 0.5) is 0 Å². The van der Waals surface area contributed by atoms with Crippen LogP contribution in [-0.2, 0) is 0 Å². The molecule has 3 N–H and O–H groups in total.